The van der Waals surface area contributed by atoms with Crippen LogP contribution in [-0.4, -0.2) is 43.9 Å². The van der Waals surface area contributed by atoms with Crippen molar-refractivity contribution in [1.29, 1.82) is 0 Å². The van der Waals surface area contributed by atoms with Crippen molar-refractivity contribution in [2.24, 2.45) is 5.92 Å². The van der Waals surface area contributed by atoms with Crippen LogP contribution in [0.25, 0.3) is 0 Å². The van der Waals surface area contributed by atoms with Gasteiger partial charge < -0.3 is 0 Å². The Hall–Kier alpha value is -1.73. The normalized spacial score (nSPS) is 25.2. The summed E-state index contributed by atoms with van der Waals surface area (Å²) in [6, 6.07) is 6.45. The maximum Gasteiger partial charge on any atom is 0.264 e. The van der Waals surface area contributed by atoms with Crippen LogP contribution in [0.2, 0.25) is 0 Å². The van der Waals surface area contributed by atoms with Crippen LogP contribution in [0.4, 0.5) is 4.39 Å². The number of aryl methyl sites for hydroxylation is 1. The van der Waals surface area contributed by atoms with E-state index in [1.54, 1.807) is 19.1 Å². The average Bonchev–Trinajstić information content (AvgIpc) is 3.08. The van der Waals surface area contributed by atoms with Crippen LogP contribution in [0.1, 0.15) is 42.0 Å². The Morgan fingerprint density at radius 1 is 1.32 bits per heavy atom. The maximum atomic E-state index is 13.4. The molecular weight excluding hydrogens is 339 g/mol. The summed E-state index contributed by atoms with van der Waals surface area (Å²) in [4.78, 5) is 19.7. The zero-order valence-electron chi connectivity index (χ0n) is 14.4. The third kappa shape index (κ3) is 3.11. The molecule has 2 aliphatic heterocycles. The van der Waals surface area contributed by atoms with Crippen LogP contribution in [0.3, 0.4) is 0 Å². The minimum absolute atomic E-state index is 0.0341. The van der Waals surface area contributed by atoms with E-state index < -0.39 is 0 Å². The summed E-state index contributed by atoms with van der Waals surface area (Å²) in [5.74, 6) is 0.910. The van der Waals surface area contributed by atoms with E-state index in [2.05, 4.69) is 21.9 Å². The SMILES string of the molecule is Cc1nc2n(n1)C(=O)C(C(c1ccc(F)cc1)N1CCCC(C)C1)S2. The zero-order chi connectivity index (χ0) is 17.6. The van der Waals surface area contributed by atoms with Gasteiger partial charge in [-0.2, -0.15) is 4.68 Å². The largest absolute Gasteiger partial charge is 0.294 e. The fraction of sp³-hybridized carbons (Fsp3) is 0.500. The number of aromatic nitrogens is 3. The molecule has 5 nitrogen and oxygen atoms in total. The summed E-state index contributed by atoms with van der Waals surface area (Å²) in [5, 5.41) is 4.59. The standard InChI is InChI=1S/C18H21FN4OS/c1-11-4-3-9-22(10-11)15(13-5-7-14(19)8-6-13)16-17(24)23-18(25-16)20-12(2)21-23/h5-8,11,15-16H,3-4,9-10H2,1-2H3. The first-order valence-corrected chi connectivity index (χ1v) is 9.55. The highest BCUT2D eigenvalue weighted by atomic mass is 32.2. The summed E-state index contributed by atoms with van der Waals surface area (Å²) in [7, 11) is 0. The predicted molar refractivity (Wildman–Crippen MR) is 94.1 cm³/mol. The van der Waals surface area contributed by atoms with Crippen molar-refractivity contribution >= 4 is 17.7 Å². The Balaban J connectivity index is 1.69. The quantitative estimate of drug-likeness (QED) is 0.840. The molecule has 3 unspecified atom stereocenters. The average molecular weight is 360 g/mol. The number of piperidine rings is 1. The van der Waals surface area contributed by atoms with Gasteiger partial charge in [0.15, 0.2) is 5.16 Å². The van der Waals surface area contributed by atoms with E-state index in [-0.39, 0.29) is 23.0 Å². The summed E-state index contributed by atoms with van der Waals surface area (Å²) in [6.45, 7) is 5.93. The van der Waals surface area contributed by atoms with Gasteiger partial charge in [0, 0.05) is 6.54 Å². The molecule has 0 N–H and O–H groups in total. The first-order valence-electron chi connectivity index (χ1n) is 8.67. The van der Waals surface area contributed by atoms with Crippen molar-refractivity contribution < 1.29 is 9.18 Å². The van der Waals surface area contributed by atoms with Crippen molar-refractivity contribution in [3.8, 4) is 0 Å². The number of thioether (sulfide) groups is 1. The van der Waals surface area contributed by atoms with Crippen molar-refractivity contribution in [3.63, 3.8) is 0 Å². The van der Waals surface area contributed by atoms with Crippen molar-refractivity contribution in [2.75, 3.05) is 13.1 Å². The molecule has 0 saturated carbocycles. The van der Waals surface area contributed by atoms with E-state index in [1.807, 2.05) is 0 Å². The molecule has 1 aromatic carbocycles. The fourth-order valence-corrected chi connectivity index (χ4v) is 5.12. The van der Waals surface area contributed by atoms with Gasteiger partial charge in [0.1, 0.15) is 16.9 Å². The van der Waals surface area contributed by atoms with Gasteiger partial charge in [-0.15, -0.1) is 5.10 Å². The minimum Gasteiger partial charge on any atom is -0.294 e. The Morgan fingerprint density at radius 2 is 2.08 bits per heavy atom. The molecule has 0 radical (unpaired) electrons. The molecule has 1 saturated heterocycles. The lowest BCUT2D eigenvalue weighted by Crippen LogP contribution is -2.43. The molecular formula is C18H21FN4OS. The molecule has 132 valence electrons. The Bertz CT molecular complexity index is 791. The zero-order valence-corrected chi connectivity index (χ0v) is 15.2. The predicted octanol–water partition coefficient (Wildman–Crippen LogP) is 3.31. The van der Waals surface area contributed by atoms with E-state index in [9.17, 15) is 9.18 Å². The van der Waals surface area contributed by atoms with E-state index >= 15 is 0 Å². The summed E-state index contributed by atoms with van der Waals surface area (Å²) in [5.41, 5.74) is 0.976. The minimum atomic E-state index is -0.300. The molecule has 4 rings (SSSR count). The van der Waals surface area contributed by atoms with E-state index in [0.29, 0.717) is 16.9 Å². The van der Waals surface area contributed by atoms with Gasteiger partial charge in [-0.05, 0) is 49.9 Å². The first kappa shape index (κ1) is 16.7. The maximum absolute atomic E-state index is 13.4. The Labute approximate surface area is 150 Å². The second-order valence-corrected chi connectivity index (χ2v) is 8.08. The number of fused-ring (bicyclic) bond motifs is 1. The molecule has 2 aromatic rings. The topological polar surface area (TPSA) is 51.0 Å². The van der Waals surface area contributed by atoms with Crippen molar-refractivity contribution in [1.82, 2.24) is 19.7 Å². The second kappa shape index (κ2) is 6.53. The lowest BCUT2D eigenvalue weighted by molar-refractivity contribution is 0.0787. The molecule has 25 heavy (non-hydrogen) atoms. The van der Waals surface area contributed by atoms with Crippen LogP contribution < -0.4 is 0 Å². The monoisotopic (exact) mass is 360 g/mol. The Kier molecular flexibility index (Phi) is 4.37. The first-order chi connectivity index (χ1) is 12.0. The van der Waals surface area contributed by atoms with Crippen LogP contribution in [0.15, 0.2) is 29.4 Å². The summed E-state index contributed by atoms with van der Waals surface area (Å²) in [6.07, 6.45) is 2.33. The summed E-state index contributed by atoms with van der Waals surface area (Å²) >= 11 is 1.47. The number of likely N-dealkylation sites (tertiary alicyclic amines) is 1. The molecule has 2 aliphatic rings. The third-order valence-corrected chi connectivity index (χ3v) is 6.14. The van der Waals surface area contributed by atoms with Crippen LogP contribution in [0, 0.1) is 18.7 Å². The Morgan fingerprint density at radius 3 is 2.76 bits per heavy atom. The van der Waals surface area contributed by atoms with Crippen LogP contribution in [0.5, 0.6) is 0 Å². The number of hydrogen-bond donors (Lipinski definition) is 0. The van der Waals surface area contributed by atoms with Gasteiger partial charge in [0.05, 0.1) is 6.04 Å². The number of nitrogens with zero attached hydrogens (tertiary/aromatic N) is 4. The van der Waals surface area contributed by atoms with Gasteiger partial charge >= 0.3 is 0 Å². The molecule has 7 heteroatoms. The van der Waals surface area contributed by atoms with Gasteiger partial charge in [0.25, 0.3) is 5.91 Å². The van der Waals surface area contributed by atoms with Crippen molar-refractivity contribution in [2.45, 2.75) is 43.1 Å². The smallest absolute Gasteiger partial charge is 0.264 e. The number of rotatable bonds is 3. The van der Waals surface area contributed by atoms with Gasteiger partial charge in [-0.3, -0.25) is 9.69 Å². The number of carbonyl (C=O) groups is 1. The van der Waals surface area contributed by atoms with Crippen molar-refractivity contribution in [3.05, 3.63) is 41.5 Å². The molecule has 1 aromatic heterocycles. The number of benzene rings is 1. The second-order valence-electron chi connectivity index (χ2n) is 6.97. The van der Waals surface area contributed by atoms with E-state index in [1.165, 1.54) is 35.0 Å². The highest BCUT2D eigenvalue weighted by Gasteiger charge is 2.43. The lowest BCUT2D eigenvalue weighted by Gasteiger charge is -2.39. The number of hydrogen-bond acceptors (Lipinski definition) is 5. The van der Waals surface area contributed by atoms with Gasteiger partial charge in [-0.25, -0.2) is 9.37 Å². The summed E-state index contributed by atoms with van der Waals surface area (Å²) < 4.78 is 14.8. The molecule has 3 atom stereocenters. The molecule has 1 fully saturated rings. The third-order valence-electron chi connectivity index (χ3n) is 4.95. The molecule has 0 spiro atoms. The number of halogens is 1. The van der Waals surface area contributed by atoms with Gasteiger partial charge in [-0.1, -0.05) is 30.8 Å². The highest BCUT2D eigenvalue weighted by molar-refractivity contribution is 8.00. The fourth-order valence-electron chi connectivity index (χ4n) is 3.81. The van der Waals surface area contributed by atoms with Crippen LogP contribution in [-0.2, 0) is 0 Å². The number of carbonyl (C=O) groups excluding carboxylic acids is 1. The highest BCUT2D eigenvalue weighted by Crippen LogP contribution is 2.42. The molecule has 0 bridgehead atoms. The molecule has 0 amide bonds. The molecule has 0 aliphatic carbocycles. The molecule has 3 heterocycles. The van der Waals surface area contributed by atoms with Gasteiger partial charge in [0.2, 0.25) is 0 Å². The van der Waals surface area contributed by atoms with E-state index in [0.717, 1.165) is 25.1 Å². The lowest BCUT2D eigenvalue weighted by atomic mass is 9.94. The van der Waals surface area contributed by atoms with Crippen LogP contribution >= 0.6 is 11.8 Å². The van der Waals surface area contributed by atoms with E-state index in [4.69, 9.17) is 0 Å².